The molecule has 0 fully saturated rings. The molecule has 1 aromatic carbocycles. The smallest absolute Gasteiger partial charge is 0.341 e. The van der Waals surface area contributed by atoms with Gasteiger partial charge >= 0.3 is 11.9 Å². The van der Waals surface area contributed by atoms with Gasteiger partial charge in [0.1, 0.15) is 6.61 Å². The predicted molar refractivity (Wildman–Crippen MR) is 85.8 cm³/mol. The molecule has 1 atom stereocenters. The summed E-state index contributed by atoms with van der Waals surface area (Å²) in [5.74, 6) is -0.923. The fourth-order valence-corrected chi connectivity index (χ4v) is 1.95. The molecule has 0 amide bonds. The van der Waals surface area contributed by atoms with E-state index in [4.69, 9.17) is 14.2 Å². The van der Waals surface area contributed by atoms with Crippen LogP contribution in [-0.4, -0.2) is 31.4 Å². The molecule has 0 N–H and O–H groups in total. The molecular weight excluding hydrogens is 387 g/mol. The number of carbonyl (C=O) groups excluding carboxylic acids is 2. The Labute approximate surface area is 137 Å². The number of rotatable bonds is 7. The van der Waals surface area contributed by atoms with Gasteiger partial charge in [-0.1, -0.05) is 18.7 Å². The molecule has 1 unspecified atom stereocenters. The summed E-state index contributed by atoms with van der Waals surface area (Å²) < 4.78 is 16.1. The molecule has 0 aliphatic carbocycles. The number of benzene rings is 1. The van der Waals surface area contributed by atoms with Crippen molar-refractivity contribution in [1.29, 1.82) is 0 Å². The van der Waals surface area contributed by atoms with Crippen LogP contribution in [0.5, 0.6) is 0 Å². The summed E-state index contributed by atoms with van der Waals surface area (Å²) in [6, 6.07) is 7.11. The third-order valence-electron chi connectivity index (χ3n) is 2.38. The van der Waals surface area contributed by atoms with Crippen LogP contribution in [0.3, 0.4) is 0 Å². The molecule has 6 heteroatoms. The summed E-state index contributed by atoms with van der Waals surface area (Å²) in [6.45, 7) is 6.85. The van der Waals surface area contributed by atoms with Crippen LogP contribution in [0, 0.1) is 3.57 Å². The largest absolute Gasteiger partial charge is 0.460 e. The Bertz CT molecular complexity index is 527. The summed E-state index contributed by atoms with van der Waals surface area (Å²) in [5.41, 5.74) is 0.815. The van der Waals surface area contributed by atoms with Crippen molar-refractivity contribution in [3.63, 3.8) is 0 Å². The molecule has 0 spiro atoms. The lowest BCUT2D eigenvalue weighted by Gasteiger charge is -2.14. The fourth-order valence-electron chi connectivity index (χ4n) is 1.35. The fraction of sp³-hybridized carbons (Fsp3) is 0.333. The van der Waals surface area contributed by atoms with E-state index in [0.717, 1.165) is 3.57 Å². The van der Waals surface area contributed by atoms with Crippen LogP contribution in [0.25, 0.3) is 0 Å². The zero-order valence-electron chi connectivity index (χ0n) is 11.9. The normalized spacial score (nSPS) is 11.6. The summed E-state index contributed by atoms with van der Waals surface area (Å²) in [5, 5.41) is 0. The van der Waals surface area contributed by atoms with E-state index in [0.29, 0.717) is 11.1 Å². The van der Waals surface area contributed by atoms with Crippen molar-refractivity contribution in [1.82, 2.24) is 0 Å². The highest BCUT2D eigenvalue weighted by molar-refractivity contribution is 14.1. The van der Waals surface area contributed by atoms with Gasteiger partial charge in [0.25, 0.3) is 0 Å². The van der Waals surface area contributed by atoms with E-state index in [1.165, 1.54) is 0 Å². The first-order valence-corrected chi connectivity index (χ1v) is 7.39. The molecule has 0 aliphatic rings. The van der Waals surface area contributed by atoms with Gasteiger partial charge in [-0.2, -0.15) is 0 Å². The van der Waals surface area contributed by atoms with Crippen molar-refractivity contribution in [2.24, 2.45) is 0 Å². The Morgan fingerprint density at radius 2 is 1.95 bits per heavy atom. The quantitative estimate of drug-likeness (QED) is 0.230. The third-order valence-corrected chi connectivity index (χ3v) is 3.32. The van der Waals surface area contributed by atoms with Crippen LogP contribution >= 0.6 is 22.6 Å². The average molecular weight is 404 g/mol. The van der Waals surface area contributed by atoms with Gasteiger partial charge < -0.3 is 14.2 Å². The number of esters is 2. The summed E-state index contributed by atoms with van der Waals surface area (Å²) in [7, 11) is 0. The first-order chi connectivity index (χ1) is 9.91. The van der Waals surface area contributed by atoms with Gasteiger partial charge in [0, 0.05) is 9.14 Å². The Balaban J connectivity index is 2.32. The first-order valence-electron chi connectivity index (χ1n) is 6.31. The standard InChI is InChI=1S/C15H17IO5/c1-10(2)14(17)20-9-8-19-11(3)21-15(18)12-6-4-5-7-13(12)16/h4-7,11H,1,8-9H2,2-3H3. The minimum atomic E-state index is -0.725. The minimum absolute atomic E-state index is 0.0798. The van der Waals surface area contributed by atoms with E-state index in [1.807, 2.05) is 12.1 Å². The molecule has 0 radical (unpaired) electrons. The van der Waals surface area contributed by atoms with Crippen molar-refractivity contribution < 1.29 is 23.8 Å². The molecule has 1 rings (SSSR count). The van der Waals surface area contributed by atoms with Crippen LogP contribution in [0.15, 0.2) is 36.4 Å². The maximum atomic E-state index is 11.9. The molecule has 1 aromatic rings. The number of halogens is 1. The number of hydrogen-bond donors (Lipinski definition) is 0. The second-order valence-electron chi connectivity index (χ2n) is 4.24. The maximum Gasteiger partial charge on any atom is 0.341 e. The Kier molecular flexibility index (Phi) is 7.38. The predicted octanol–water partition coefficient (Wildman–Crippen LogP) is 2.93. The van der Waals surface area contributed by atoms with Crippen molar-refractivity contribution in [3.8, 4) is 0 Å². The van der Waals surface area contributed by atoms with Gasteiger partial charge in [-0.3, -0.25) is 0 Å². The first kappa shape index (κ1) is 17.6. The monoisotopic (exact) mass is 404 g/mol. The maximum absolute atomic E-state index is 11.9. The number of carbonyl (C=O) groups is 2. The Hall–Kier alpha value is -1.41. The highest BCUT2D eigenvalue weighted by atomic mass is 127. The topological polar surface area (TPSA) is 61.8 Å². The van der Waals surface area contributed by atoms with Crippen molar-refractivity contribution in [3.05, 3.63) is 45.6 Å². The van der Waals surface area contributed by atoms with Gasteiger partial charge in [0.05, 0.1) is 12.2 Å². The van der Waals surface area contributed by atoms with Crippen LogP contribution < -0.4 is 0 Å². The van der Waals surface area contributed by atoms with Crippen LogP contribution in [0.4, 0.5) is 0 Å². The molecule has 21 heavy (non-hydrogen) atoms. The second-order valence-corrected chi connectivity index (χ2v) is 5.40. The second kappa shape index (κ2) is 8.78. The van der Waals surface area contributed by atoms with Gasteiger partial charge in [-0.05, 0) is 48.6 Å². The molecule has 0 heterocycles. The number of hydrogen-bond acceptors (Lipinski definition) is 5. The van der Waals surface area contributed by atoms with Crippen molar-refractivity contribution in [2.45, 2.75) is 20.1 Å². The molecular formula is C15H17IO5. The van der Waals surface area contributed by atoms with Crippen molar-refractivity contribution >= 4 is 34.5 Å². The zero-order valence-corrected chi connectivity index (χ0v) is 14.1. The van der Waals surface area contributed by atoms with Crippen LogP contribution in [0.2, 0.25) is 0 Å². The molecule has 114 valence electrons. The van der Waals surface area contributed by atoms with E-state index in [9.17, 15) is 9.59 Å². The molecule has 0 aromatic heterocycles. The molecule has 5 nitrogen and oxygen atoms in total. The van der Waals surface area contributed by atoms with E-state index >= 15 is 0 Å². The lowest BCUT2D eigenvalue weighted by atomic mass is 10.2. The highest BCUT2D eigenvalue weighted by Crippen LogP contribution is 2.13. The van der Waals surface area contributed by atoms with E-state index in [1.54, 1.807) is 26.0 Å². The van der Waals surface area contributed by atoms with Crippen molar-refractivity contribution in [2.75, 3.05) is 13.2 Å². The Morgan fingerprint density at radius 1 is 1.29 bits per heavy atom. The number of ether oxygens (including phenoxy) is 3. The van der Waals surface area contributed by atoms with Gasteiger partial charge in [0.2, 0.25) is 6.29 Å². The zero-order chi connectivity index (χ0) is 15.8. The van der Waals surface area contributed by atoms with Crippen LogP contribution in [-0.2, 0) is 19.0 Å². The molecule has 0 aliphatic heterocycles. The Morgan fingerprint density at radius 3 is 2.57 bits per heavy atom. The molecule has 0 saturated heterocycles. The minimum Gasteiger partial charge on any atom is -0.460 e. The van der Waals surface area contributed by atoms with E-state index in [2.05, 4.69) is 29.2 Å². The van der Waals surface area contributed by atoms with Crippen LogP contribution in [0.1, 0.15) is 24.2 Å². The summed E-state index contributed by atoms with van der Waals surface area (Å²) >= 11 is 2.06. The van der Waals surface area contributed by atoms with Gasteiger partial charge in [0.15, 0.2) is 0 Å². The summed E-state index contributed by atoms with van der Waals surface area (Å²) in [6.07, 6.45) is -0.725. The molecule has 0 bridgehead atoms. The van der Waals surface area contributed by atoms with Gasteiger partial charge in [-0.15, -0.1) is 0 Å². The van der Waals surface area contributed by atoms with E-state index in [-0.39, 0.29) is 13.2 Å². The molecule has 0 saturated carbocycles. The lowest BCUT2D eigenvalue weighted by molar-refractivity contribution is -0.146. The average Bonchev–Trinajstić information content (AvgIpc) is 2.43. The summed E-state index contributed by atoms with van der Waals surface area (Å²) in [4.78, 5) is 23.0. The van der Waals surface area contributed by atoms with E-state index < -0.39 is 18.2 Å². The highest BCUT2D eigenvalue weighted by Gasteiger charge is 2.14. The SMILES string of the molecule is C=C(C)C(=O)OCCOC(C)OC(=O)c1ccccc1I. The van der Waals surface area contributed by atoms with Gasteiger partial charge in [-0.25, -0.2) is 9.59 Å². The third kappa shape index (κ3) is 6.26. The lowest BCUT2D eigenvalue weighted by Crippen LogP contribution is -2.21.